The number of rotatable bonds is 9. The number of benzene rings is 1. The Kier molecular flexibility index (Phi) is 7.84. The highest BCUT2D eigenvalue weighted by Crippen LogP contribution is 2.23. The van der Waals surface area contributed by atoms with E-state index in [-0.39, 0.29) is 17.6 Å². The maximum Gasteiger partial charge on any atom is 0.328 e. The third kappa shape index (κ3) is 5.82. The summed E-state index contributed by atoms with van der Waals surface area (Å²) in [6.45, 7) is 6.69. The van der Waals surface area contributed by atoms with Gasteiger partial charge in [0.15, 0.2) is 11.0 Å². The smallest absolute Gasteiger partial charge is 0.328 e. The van der Waals surface area contributed by atoms with E-state index in [1.807, 2.05) is 55.7 Å². The number of esters is 1. The predicted octanol–water partition coefficient (Wildman–Crippen LogP) is 2.76. The lowest BCUT2D eigenvalue weighted by molar-refractivity contribution is -0.145. The average Bonchev–Trinajstić information content (AvgIpc) is 3.08. The molecule has 0 unspecified atom stereocenters. The van der Waals surface area contributed by atoms with Crippen molar-refractivity contribution >= 4 is 23.6 Å². The van der Waals surface area contributed by atoms with E-state index in [0.717, 1.165) is 11.4 Å². The molecular weight excluding hydrogens is 364 g/mol. The molecule has 0 fully saturated rings. The monoisotopic (exact) mass is 390 g/mol. The van der Waals surface area contributed by atoms with Crippen LogP contribution in [0.2, 0.25) is 0 Å². The van der Waals surface area contributed by atoms with Crippen molar-refractivity contribution in [2.75, 3.05) is 12.9 Å². The van der Waals surface area contributed by atoms with E-state index in [1.165, 1.54) is 18.9 Å². The minimum absolute atomic E-state index is 0.151. The van der Waals surface area contributed by atoms with Crippen LogP contribution < -0.4 is 5.32 Å². The molecule has 8 heteroatoms. The second-order valence-electron chi connectivity index (χ2n) is 6.48. The van der Waals surface area contributed by atoms with Gasteiger partial charge in [-0.15, -0.1) is 10.2 Å². The van der Waals surface area contributed by atoms with E-state index in [9.17, 15) is 9.59 Å². The zero-order valence-electron chi connectivity index (χ0n) is 16.1. The third-order valence-corrected chi connectivity index (χ3v) is 4.89. The summed E-state index contributed by atoms with van der Waals surface area (Å²) in [7, 11) is 1.32. The van der Waals surface area contributed by atoms with Crippen LogP contribution >= 0.6 is 11.8 Å². The van der Waals surface area contributed by atoms with Crippen LogP contribution in [0.15, 0.2) is 35.5 Å². The van der Waals surface area contributed by atoms with Gasteiger partial charge in [0.25, 0.3) is 0 Å². The molecule has 1 atom stereocenters. The van der Waals surface area contributed by atoms with Gasteiger partial charge >= 0.3 is 5.97 Å². The number of thioether (sulfide) groups is 1. The number of methoxy groups -OCH3 is 1. The fourth-order valence-corrected chi connectivity index (χ4v) is 3.49. The van der Waals surface area contributed by atoms with Gasteiger partial charge < -0.3 is 14.6 Å². The summed E-state index contributed by atoms with van der Waals surface area (Å²) >= 11 is 1.30. The van der Waals surface area contributed by atoms with Crippen LogP contribution in [0.5, 0.6) is 0 Å². The van der Waals surface area contributed by atoms with E-state index in [0.29, 0.717) is 18.1 Å². The molecule has 2 rings (SSSR count). The van der Waals surface area contributed by atoms with Crippen molar-refractivity contribution in [1.29, 1.82) is 0 Å². The average molecular weight is 391 g/mol. The summed E-state index contributed by atoms with van der Waals surface area (Å²) in [5.41, 5.74) is 0.978. The molecule has 146 valence electrons. The van der Waals surface area contributed by atoms with Gasteiger partial charge in [-0.05, 0) is 19.3 Å². The SMILES string of the molecule is CCn1c(SCC(=O)N[C@H](CC(C)C)C(=O)OC)nnc1-c1ccccc1. The third-order valence-electron chi connectivity index (χ3n) is 3.93. The van der Waals surface area contributed by atoms with Crippen molar-refractivity contribution in [2.24, 2.45) is 5.92 Å². The van der Waals surface area contributed by atoms with Crippen molar-refractivity contribution < 1.29 is 14.3 Å². The maximum absolute atomic E-state index is 12.3. The van der Waals surface area contributed by atoms with Crippen LogP contribution in [0, 0.1) is 5.92 Å². The van der Waals surface area contributed by atoms with Crippen LogP contribution in [0.4, 0.5) is 0 Å². The number of ether oxygens (including phenoxy) is 1. The fourth-order valence-electron chi connectivity index (χ4n) is 2.68. The Bertz CT molecular complexity index is 762. The van der Waals surface area contributed by atoms with Crippen molar-refractivity contribution in [1.82, 2.24) is 20.1 Å². The lowest BCUT2D eigenvalue weighted by Gasteiger charge is -2.18. The lowest BCUT2D eigenvalue weighted by atomic mass is 10.0. The number of carbonyl (C=O) groups excluding carboxylic acids is 2. The van der Waals surface area contributed by atoms with Gasteiger partial charge in [-0.2, -0.15) is 0 Å². The number of nitrogens with one attached hydrogen (secondary N) is 1. The Morgan fingerprint density at radius 2 is 1.93 bits per heavy atom. The van der Waals surface area contributed by atoms with Crippen LogP contribution in [0.3, 0.4) is 0 Å². The molecule has 7 nitrogen and oxygen atoms in total. The van der Waals surface area contributed by atoms with Gasteiger partial charge in [-0.25, -0.2) is 4.79 Å². The quantitative estimate of drug-likeness (QED) is 0.523. The highest BCUT2D eigenvalue weighted by Gasteiger charge is 2.23. The number of amides is 1. The summed E-state index contributed by atoms with van der Waals surface area (Å²) in [4.78, 5) is 24.2. The van der Waals surface area contributed by atoms with Crippen molar-refractivity contribution in [3.8, 4) is 11.4 Å². The van der Waals surface area contributed by atoms with E-state index in [1.54, 1.807) is 0 Å². The van der Waals surface area contributed by atoms with E-state index >= 15 is 0 Å². The maximum atomic E-state index is 12.3. The molecule has 1 N–H and O–H groups in total. The Balaban J connectivity index is 2.02. The van der Waals surface area contributed by atoms with Crippen molar-refractivity contribution in [3.05, 3.63) is 30.3 Å². The molecule has 0 saturated heterocycles. The first-order chi connectivity index (χ1) is 13.0. The Morgan fingerprint density at radius 1 is 1.22 bits per heavy atom. The summed E-state index contributed by atoms with van der Waals surface area (Å²) < 4.78 is 6.75. The fraction of sp³-hybridized carbons (Fsp3) is 0.474. The molecule has 1 aromatic carbocycles. The van der Waals surface area contributed by atoms with Gasteiger partial charge in [0.05, 0.1) is 12.9 Å². The lowest BCUT2D eigenvalue weighted by Crippen LogP contribution is -2.43. The molecule has 0 radical (unpaired) electrons. The molecule has 0 saturated carbocycles. The normalized spacial score (nSPS) is 12.0. The van der Waals surface area contributed by atoms with Crippen molar-refractivity contribution in [3.63, 3.8) is 0 Å². The van der Waals surface area contributed by atoms with Gasteiger partial charge in [0.1, 0.15) is 6.04 Å². The number of hydrogen-bond donors (Lipinski definition) is 1. The zero-order valence-corrected chi connectivity index (χ0v) is 17.0. The molecule has 1 heterocycles. The first-order valence-corrected chi connectivity index (χ1v) is 9.93. The minimum atomic E-state index is -0.632. The topological polar surface area (TPSA) is 86.1 Å². The molecule has 2 aromatic rings. The number of nitrogens with zero attached hydrogens (tertiary/aromatic N) is 3. The van der Waals surface area contributed by atoms with Crippen LogP contribution in [0.1, 0.15) is 27.2 Å². The Hall–Kier alpha value is -2.35. The number of carbonyl (C=O) groups is 2. The molecule has 0 aliphatic heterocycles. The van der Waals surface area contributed by atoms with Crippen LogP contribution in [0.25, 0.3) is 11.4 Å². The molecular formula is C19H26N4O3S. The predicted molar refractivity (Wildman–Crippen MR) is 105 cm³/mol. The highest BCUT2D eigenvalue weighted by molar-refractivity contribution is 7.99. The van der Waals surface area contributed by atoms with Crippen LogP contribution in [-0.4, -0.2) is 45.5 Å². The molecule has 0 bridgehead atoms. The first kappa shape index (κ1) is 21.0. The highest BCUT2D eigenvalue weighted by atomic mass is 32.2. The Morgan fingerprint density at radius 3 is 2.52 bits per heavy atom. The second kappa shape index (κ2) is 10.1. The summed E-state index contributed by atoms with van der Waals surface area (Å²) in [5, 5.41) is 11.9. The zero-order chi connectivity index (χ0) is 19.8. The number of aromatic nitrogens is 3. The minimum Gasteiger partial charge on any atom is -0.467 e. The molecule has 1 amide bonds. The van der Waals surface area contributed by atoms with Gasteiger partial charge in [-0.3, -0.25) is 4.79 Å². The van der Waals surface area contributed by atoms with Crippen LogP contribution in [-0.2, 0) is 20.9 Å². The Labute approximate surface area is 163 Å². The first-order valence-electron chi connectivity index (χ1n) is 8.94. The molecule has 27 heavy (non-hydrogen) atoms. The van der Waals surface area contributed by atoms with Gasteiger partial charge in [-0.1, -0.05) is 55.9 Å². The van der Waals surface area contributed by atoms with E-state index in [4.69, 9.17) is 4.74 Å². The second-order valence-corrected chi connectivity index (χ2v) is 7.42. The molecule has 1 aromatic heterocycles. The largest absolute Gasteiger partial charge is 0.467 e. The number of hydrogen-bond acceptors (Lipinski definition) is 6. The van der Waals surface area contributed by atoms with E-state index in [2.05, 4.69) is 15.5 Å². The summed E-state index contributed by atoms with van der Waals surface area (Å²) in [6.07, 6.45) is 0.534. The van der Waals surface area contributed by atoms with Crippen molar-refractivity contribution in [2.45, 2.75) is 44.9 Å². The van der Waals surface area contributed by atoms with Gasteiger partial charge in [0, 0.05) is 12.1 Å². The standard InChI is InChI=1S/C19H26N4O3S/c1-5-23-17(14-9-7-6-8-10-14)21-22-19(23)27-12-16(24)20-15(11-13(2)3)18(25)26-4/h6-10,13,15H,5,11-12H2,1-4H3,(H,20,24)/t15-/m1/s1. The van der Waals surface area contributed by atoms with Gasteiger partial charge in [0.2, 0.25) is 5.91 Å². The summed E-state index contributed by atoms with van der Waals surface area (Å²) in [5.74, 6) is 0.526. The summed E-state index contributed by atoms with van der Waals surface area (Å²) in [6, 6.07) is 9.17. The molecule has 0 aliphatic carbocycles. The molecule has 0 spiro atoms. The van der Waals surface area contributed by atoms with E-state index < -0.39 is 12.0 Å². The molecule has 0 aliphatic rings.